The normalized spacial score (nSPS) is 17.3. The molecule has 0 atom stereocenters. The highest BCUT2D eigenvalue weighted by Crippen LogP contribution is 2.32. The summed E-state index contributed by atoms with van der Waals surface area (Å²) in [7, 11) is -3.72. The van der Waals surface area contributed by atoms with Crippen molar-refractivity contribution in [3.8, 4) is 5.75 Å². The number of rotatable bonds is 7. The van der Waals surface area contributed by atoms with Crippen LogP contribution in [0.25, 0.3) is 0 Å². The molecule has 1 aromatic carbocycles. The van der Waals surface area contributed by atoms with E-state index in [2.05, 4.69) is 15.2 Å². The summed E-state index contributed by atoms with van der Waals surface area (Å²) >= 11 is 0. The Hall–Kier alpha value is -2.65. The van der Waals surface area contributed by atoms with Crippen LogP contribution in [-0.2, 0) is 10.0 Å². The summed E-state index contributed by atoms with van der Waals surface area (Å²) < 4.78 is 33.8. The van der Waals surface area contributed by atoms with Gasteiger partial charge in [-0.05, 0) is 62.9 Å². The lowest BCUT2D eigenvalue weighted by Crippen LogP contribution is -2.35. The van der Waals surface area contributed by atoms with Crippen LogP contribution >= 0.6 is 0 Å². The van der Waals surface area contributed by atoms with E-state index in [0.29, 0.717) is 42.5 Å². The molecule has 32 heavy (non-hydrogen) atoms. The van der Waals surface area contributed by atoms with Crippen molar-refractivity contribution in [2.75, 3.05) is 43.0 Å². The zero-order valence-corrected chi connectivity index (χ0v) is 19.2. The number of hydrogen-bond donors (Lipinski definition) is 1. The number of anilines is 2. The summed E-state index contributed by atoms with van der Waals surface area (Å²) in [5.41, 5.74) is 0.883. The highest BCUT2D eigenvalue weighted by molar-refractivity contribution is 7.89. The van der Waals surface area contributed by atoms with Crippen LogP contribution in [0.5, 0.6) is 5.75 Å². The van der Waals surface area contributed by atoms with Crippen molar-refractivity contribution >= 4 is 27.4 Å². The van der Waals surface area contributed by atoms with Gasteiger partial charge in [-0.15, -0.1) is 0 Å². The molecular formula is C23H30N4O4S. The van der Waals surface area contributed by atoms with Gasteiger partial charge in [0.15, 0.2) is 0 Å². The standard InChI is InChI=1S/C23H30N4O4S/c1-2-31-20-11-10-18(17-21(20)32(29,30)27-15-4-3-5-16-27)25-23(28)19-9-8-12-24-22(19)26-13-6-7-14-26/h8-12,17H,2-7,13-16H2,1H3,(H,25,28). The molecule has 1 aromatic heterocycles. The highest BCUT2D eigenvalue weighted by atomic mass is 32.2. The van der Waals surface area contributed by atoms with Gasteiger partial charge in [0.25, 0.3) is 5.91 Å². The minimum atomic E-state index is -3.72. The number of pyridine rings is 1. The number of sulfonamides is 1. The Morgan fingerprint density at radius 3 is 2.50 bits per heavy atom. The van der Waals surface area contributed by atoms with E-state index in [1.165, 1.54) is 10.4 Å². The van der Waals surface area contributed by atoms with Gasteiger partial charge in [-0.1, -0.05) is 6.42 Å². The topological polar surface area (TPSA) is 91.8 Å². The number of amides is 1. The molecular weight excluding hydrogens is 428 g/mol. The lowest BCUT2D eigenvalue weighted by Gasteiger charge is -2.27. The van der Waals surface area contributed by atoms with Crippen molar-refractivity contribution in [3.63, 3.8) is 0 Å². The number of carbonyl (C=O) groups excluding carboxylic acids is 1. The number of carbonyl (C=O) groups is 1. The van der Waals surface area contributed by atoms with Gasteiger partial charge in [0.2, 0.25) is 10.0 Å². The molecule has 8 nitrogen and oxygen atoms in total. The van der Waals surface area contributed by atoms with Crippen molar-refractivity contribution in [3.05, 3.63) is 42.1 Å². The number of nitrogens with zero attached hydrogens (tertiary/aromatic N) is 3. The molecule has 0 spiro atoms. The Morgan fingerprint density at radius 2 is 1.78 bits per heavy atom. The van der Waals surface area contributed by atoms with Gasteiger partial charge in [-0.2, -0.15) is 4.31 Å². The first-order valence-electron chi connectivity index (χ1n) is 11.3. The summed E-state index contributed by atoms with van der Waals surface area (Å²) in [6.07, 6.45) is 6.57. The second-order valence-corrected chi connectivity index (χ2v) is 9.99. The SMILES string of the molecule is CCOc1ccc(NC(=O)c2cccnc2N2CCCC2)cc1S(=O)(=O)N1CCCCC1. The summed E-state index contributed by atoms with van der Waals surface area (Å²) in [6, 6.07) is 8.26. The number of hydrogen-bond acceptors (Lipinski definition) is 6. The maximum Gasteiger partial charge on any atom is 0.259 e. The zero-order chi connectivity index (χ0) is 22.6. The van der Waals surface area contributed by atoms with Crippen LogP contribution in [0.2, 0.25) is 0 Å². The molecule has 2 saturated heterocycles. The fourth-order valence-corrected chi connectivity index (χ4v) is 5.93. The van der Waals surface area contributed by atoms with E-state index in [4.69, 9.17) is 4.74 Å². The Kier molecular flexibility index (Phi) is 6.95. The van der Waals surface area contributed by atoms with Crippen LogP contribution in [0, 0.1) is 0 Å². The molecule has 172 valence electrons. The fraction of sp³-hybridized carbons (Fsp3) is 0.478. The second kappa shape index (κ2) is 9.87. The number of piperidine rings is 1. The van der Waals surface area contributed by atoms with Crippen molar-refractivity contribution < 1.29 is 17.9 Å². The van der Waals surface area contributed by atoms with Gasteiger partial charge >= 0.3 is 0 Å². The van der Waals surface area contributed by atoms with Gasteiger partial charge in [0.1, 0.15) is 16.5 Å². The molecule has 0 aliphatic carbocycles. The largest absolute Gasteiger partial charge is 0.492 e. The van der Waals surface area contributed by atoms with Crippen molar-refractivity contribution in [2.45, 2.75) is 43.9 Å². The zero-order valence-electron chi connectivity index (χ0n) is 18.4. The summed E-state index contributed by atoms with van der Waals surface area (Å²) in [6.45, 7) is 4.91. The van der Waals surface area contributed by atoms with Crippen molar-refractivity contribution in [2.24, 2.45) is 0 Å². The minimum Gasteiger partial charge on any atom is -0.492 e. The summed E-state index contributed by atoms with van der Waals surface area (Å²) in [5, 5.41) is 2.86. The molecule has 2 aliphatic rings. The van der Waals surface area contributed by atoms with E-state index in [0.717, 1.165) is 45.2 Å². The molecule has 1 N–H and O–H groups in total. The van der Waals surface area contributed by atoms with Gasteiger partial charge in [-0.25, -0.2) is 13.4 Å². The van der Waals surface area contributed by atoms with Gasteiger partial charge < -0.3 is 15.0 Å². The van der Waals surface area contributed by atoms with Crippen LogP contribution in [0.4, 0.5) is 11.5 Å². The Morgan fingerprint density at radius 1 is 1.06 bits per heavy atom. The summed E-state index contributed by atoms with van der Waals surface area (Å²) in [5.74, 6) is 0.648. The maximum absolute atomic E-state index is 13.3. The van der Waals surface area contributed by atoms with E-state index < -0.39 is 10.0 Å². The van der Waals surface area contributed by atoms with Crippen LogP contribution in [0.15, 0.2) is 41.4 Å². The third kappa shape index (κ3) is 4.73. The molecule has 2 fully saturated rings. The van der Waals surface area contributed by atoms with E-state index >= 15 is 0 Å². The second-order valence-electron chi connectivity index (χ2n) is 8.08. The van der Waals surface area contributed by atoms with Crippen molar-refractivity contribution in [1.29, 1.82) is 0 Å². The van der Waals surface area contributed by atoms with Crippen LogP contribution < -0.4 is 15.0 Å². The van der Waals surface area contributed by atoms with Gasteiger partial charge in [-0.3, -0.25) is 4.79 Å². The predicted molar refractivity (Wildman–Crippen MR) is 124 cm³/mol. The quantitative estimate of drug-likeness (QED) is 0.683. The van der Waals surface area contributed by atoms with Crippen LogP contribution in [0.3, 0.4) is 0 Å². The number of benzene rings is 1. The minimum absolute atomic E-state index is 0.0880. The first-order valence-corrected chi connectivity index (χ1v) is 12.7. The molecule has 3 heterocycles. The number of nitrogens with one attached hydrogen (secondary N) is 1. The average molecular weight is 459 g/mol. The Bertz CT molecular complexity index is 1060. The van der Waals surface area contributed by atoms with Crippen molar-refractivity contribution in [1.82, 2.24) is 9.29 Å². The molecule has 2 aromatic rings. The lowest BCUT2D eigenvalue weighted by molar-refractivity contribution is 0.102. The van der Waals surface area contributed by atoms with E-state index in [1.807, 2.05) is 6.92 Å². The number of ether oxygens (including phenoxy) is 1. The van der Waals surface area contributed by atoms with Gasteiger partial charge in [0.05, 0.1) is 12.2 Å². The first-order chi connectivity index (χ1) is 15.5. The maximum atomic E-state index is 13.3. The molecule has 0 radical (unpaired) electrons. The smallest absolute Gasteiger partial charge is 0.259 e. The van der Waals surface area contributed by atoms with Gasteiger partial charge in [0, 0.05) is 38.1 Å². The molecule has 1 amide bonds. The molecule has 0 bridgehead atoms. The molecule has 2 aliphatic heterocycles. The molecule has 4 rings (SSSR count). The molecule has 0 unspecified atom stereocenters. The Labute approximate surface area is 189 Å². The first kappa shape index (κ1) is 22.5. The third-order valence-electron chi connectivity index (χ3n) is 5.87. The average Bonchev–Trinajstić information content (AvgIpc) is 3.35. The predicted octanol–water partition coefficient (Wildman–Crippen LogP) is 3.51. The molecule has 0 saturated carbocycles. The molecule has 9 heteroatoms. The van der Waals surface area contributed by atoms with E-state index in [9.17, 15) is 13.2 Å². The fourth-order valence-electron chi connectivity index (χ4n) is 4.26. The van der Waals surface area contributed by atoms with Crippen LogP contribution in [-0.4, -0.2) is 56.4 Å². The monoisotopic (exact) mass is 458 g/mol. The highest BCUT2D eigenvalue weighted by Gasteiger charge is 2.30. The summed E-state index contributed by atoms with van der Waals surface area (Å²) in [4.78, 5) is 19.7. The lowest BCUT2D eigenvalue weighted by atomic mass is 10.2. The number of aromatic nitrogens is 1. The van der Waals surface area contributed by atoms with E-state index in [-0.39, 0.29) is 10.8 Å². The van der Waals surface area contributed by atoms with Crippen LogP contribution in [0.1, 0.15) is 49.4 Å². The van der Waals surface area contributed by atoms with E-state index in [1.54, 1.807) is 30.5 Å². The third-order valence-corrected chi connectivity index (χ3v) is 7.79. The Balaban J connectivity index is 1.62.